The first-order chi connectivity index (χ1) is 8.81. The van der Waals surface area contributed by atoms with Gasteiger partial charge in [0.15, 0.2) is 0 Å². The molecule has 4 nitrogen and oxygen atoms in total. The maximum Gasteiger partial charge on any atom is 0.221 e. The summed E-state index contributed by atoms with van der Waals surface area (Å²) < 4.78 is 0. The fourth-order valence-corrected chi connectivity index (χ4v) is 4.58. The Balaban J connectivity index is 1.60. The molecule has 1 aromatic heterocycles. The normalized spacial score (nSPS) is 37.9. The molecule has 0 unspecified atom stereocenters. The molecule has 2 N–H and O–H groups in total. The van der Waals surface area contributed by atoms with Crippen molar-refractivity contribution >= 4 is 11.8 Å². The first-order valence-corrected chi connectivity index (χ1v) is 7.15. The Morgan fingerprint density at radius 2 is 1.67 bits per heavy atom. The number of nitrogen functional groups attached to an aromatic ring is 1. The second-order valence-corrected chi connectivity index (χ2v) is 6.18. The molecule has 96 valence electrons. The SMILES string of the molecule is Nc1nccc(N2C[C@@H]3C4CCC(CC4)[C@@H]3C2)n1. The van der Waals surface area contributed by atoms with Gasteiger partial charge in [-0.2, -0.15) is 4.98 Å². The van der Waals surface area contributed by atoms with Gasteiger partial charge < -0.3 is 10.6 Å². The molecule has 2 heterocycles. The van der Waals surface area contributed by atoms with Gasteiger partial charge in [-0.3, -0.25) is 0 Å². The van der Waals surface area contributed by atoms with E-state index in [0.29, 0.717) is 5.95 Å². The van der Waals surface area contributed by atoms with Crippen molar-refractivity contribution in [3.05, 3.63) is 12.3 Å². The second-order valence-electron chi connectivity index (χ2n) is 6.18. The van der Waals surface area contributed by atoms with E-state index < -0.39 is 0 Å². The molecule has 2 atom stereocenters. The van der Waals surface area contributed by atoms with Crippen LogP contribution in [0.2, 0.25) is 0 Å². The highest BCUT2D eigenvalue weighted by molar-refractivity contribution is 5.42. The maximum atomic E-state index is 5.69. The van der Waals surface area contributed by atoms with Crippen LogP contribution in [0.5, 0.6) is 0 Å². The highest BCUT2D eigenvalue weighted by Crippen LogP contribution is 2.52. The molecule has 5 rings (SSSR count). The minimum Gasteiger partial charge on any atom is -0.368 e. The Labute approximate surface area is 108 Å². The van der Waals surface area contributed by atoms with E-state index in [9.17, 15) is 0 Å². The van der Waals surface area contributed by atoms with E-state index in [1.807, 2.05) is 6.07 Å². The molecule has 0 radical (unpaired) electrons. The van der Waals surface area contributed by atoms with E-state index in [0.717, 1.165) is 29.5 Å². The van der Waals surface area contributed by atoms with Crippen LogP contribution in [-0.4, -0.2) is 23.1 Å². The Hall–Kier alpha value is -1.32. The molecule has 0 amide bonds. The molecule has 0 spiro atoms. The van der Waals surface area contributed by atoms with Crippen LogP contribution in [0.4, 0.5) is 11.8 Å². The van der Waals surface area contributed by atoms with E-state index in [2.05, 4.69) is 14.9 Å². The van der Waals surface area contributed by atoms with Gasteiger partial charge in [0.1, 0.15) is 5.82 Å². The van der Waals surface area contributed by atoms with Crippen LogP contribution in [0, 0.1) is 23.7 Å². The van der Waals surface area contributed by atoms with Crippen molar-refractivity contribution in [3.8, 4) is 0 Å². The predicted octanol–water partition coefficient (Wildman–Crippen LogP) is 1.93. The molecule has 18 heavy (non-hydrogen) atoms. The van der Waals surface area contributed by atoms with E-state index in [1.165, 1.54) is 38.8 Å². The van der Waals surface area contributed by atoms with Crippen molar-refractivity contribution in [2.75, 3.05) is 23.7 Å². The summed E-state index contributed by atoms with van der Waals surface area (Å²) in [6.07, 6.45) is 7.63. The minimum atomic E-state index is 0.394. The summed E-state index contributed by atoms with van der Waals surface area (Å²) in [6.45, 7) is 2.37. The number of hydrogen-bond acceptors (Lipinski definition) is 4. The number of anilines is 2. The predicted molar refractivity (Wildman–Crippen MR) is 71.1 cm³/mol. The lowest BCUT2D eigenvalue weighted by atomic mass is 9.60. The minimum absolute atomic E-state index is 0.394. The quantitative estimate of drug-likeness (QED) is 0.820. The molecule has 1 aromatic rings. The van der Waals surface area contributed by atoms with Crippen LogP contribution >= 0.6 is 0 Å². The molecule has 4 fully saturated rings. The Bertz CT molecular complexity index is 433. The molecular weight excluding hydrogens is 224 g/mol. The van der Waals surface area contributed by atoms with Crippen LogP contribution in [0.1, 0.15) is 25.7 Å². The average molecular weight is 244 g/mol. The standard InChI is InChI=1S/C14H20N4/c15-14-16-6-5-13(17-14)18-7-11-9-1-2-10(4-3-9)12(11)8-18/h5-6,9-12H,1-4,7-8H2,(H2,15,16,17)/t9?,10?,11-,12+. The smallest absolute Gasteiger partial charge is 0.221 e. The van der Waals surface area contributed by atoms with E-state index in [1.54, 1.807) is 6.20 Å². The van der Waals surface area contributed by atoms with Crippen molar-refractivity contribution in [1.29, 1.82) is 0 Å². The topological polar surface area (TPSA) is 55.0 Å². The van der Waals surface area contributed by atoms with E-state index in [-0.39, 0.29) is 0 Å². The summed E-state index contributed by atoms with van der Waals surface area (Å²) in [5, 5.41) is 0. The maximum absolute atomic E-state index is 5.69. The zero-order valence-electron chi connectivity index (χ0n) is 10.6. The second kappa shape index (κ2) is 3.84. The molecule has 2 bridgehead atoms. The van der Waals surface area contributed by atoms with Gasteiger partial charge in [-0.05, 0) is 55.4 Å². The summed E-state index contributed by atoms with van der Waals surface area (Å²) in [5.74, 6) is 5.19. The lowest BCUT2D eigenvalue weighted by molar-refractivity contribution is 0.0577. The third-order valence-corrected chi connectivity index (χ3v) is 5.42. The van der Waals surface area contributed by atoms with Gasteiger partial charge in [0.05, 0.1) is 0 Å². The summed E-state index contributed by atoms with van der Waals surface area (Å²) in [7, 11) is 0. The monoisotopic (exact) mass is 244 g/mol. The zero-order chi connectivity index (χ0) is 12.1. The summed E-state index contributed by atoms with van der Waals surface area (Å²) in [4.78, 5) is 10.8. The van der Waals surface area contributed by atoms with E-state index >= 15 is 0 Å². The van der Waals surface area contributed by atoms with Crippen molar-refractivity contribution in [3.63, 3.8) is 0 Å². The summed E-state index contributed by atoms with van der Waals surface area (Å²) in [5.41, 5.74) is 5.69. The van der Waals surface area contributed by atoms with Crippen LogP contribution in [-0.2, 0) is 0 Å². The fourth-order valence-electron chi connectivity index (χ4n) is 4.58. The molecule has 1 saturated heterocycles. The van der Waals surface area contributed by atoms with Crippen LogP contribution < -0.4 is 10.6 Å². The Kier molecular flexibility index (Phi) is 2.26. The van der Waals surface area contributed by atoms with Crippen LogP contribution in [0.3, 0.4) is 0 Å². The van der Waals surface area contributed by atoms with Crippen molar-refractivity contribution in [2.45, 2.75) is 25.7 Å². The number of rotatable bonds is 1. The average Bonchev–Trinajstić information content (AvgIpc) is 2.87. The zero-order valence-corrected chi connectivity index (χ0v) is 10.6. The van der Waals surface area contributed by atoms with Gasteiger partial charge in [0.2, 0.25) is 5.95 Å². The third kappa shape index (κ3) is 1.51. The number of nitrogens with two attached hydrogens (primary N) is 1. The molecule has 1 aliphatic heterocycles. The van der Waals surface area contributed by atoms with Gasteiger partial charge in [-0.1, -0.05) is 0 Å². The van der Waals surface area contributed by atoms with Gasteiger partial charge in [-0.15, -0.1) is 0 Å². The molecule has 4 heteroatoms. The lowest BCUT2D eigenvalue weighted by Crippen LogP contribution is -2.38. The van der Waals surface area contributed by atoms with Gasteiger partial charge >= 0.3 is 0 Å². The Morgan fingerprint density at radius 1 is 1.06 bits per heavy atom. The number of hydrogen-bond donors (Lipinski definition) is 1. The first-order valence-electron chi connectivity index (χ1n) is 7.15. The highest BCUT2D eigenvalue weighted by atomic mass is 15.2. The lowest BCUT2D eigenvalue weighted by Gasteiger charge is -2.44. The number of fused-ring (bicyclic) bond motifs is 2. The molecule has 3 saturated carbocycles. The number of aromatic nitrogens is 2. The van der Waals surface area contributed by atoms with Gasteiger partial charge in [0, 0.05) is 19.3 Å². The summed E-state index contributed by atoms with van der Waals surface area (Å²) >= 11 is 0. The van der Waals surface area contributed by atoms with Gasteiger partial charge in [0.25, 0.3) is 0 Å². The van der Waals surface area contributed by atoms with Crippen molar-refractivity contribution < 1.29 is 0 Å². The molecule has 3 aliphatic carbocycles. The first kappa shape index (κ1) is 10.6. The molecule has 4 aliphatic rings. The third-order valence-electron chi connectivity index (χ3n) is 5.42. The van der Waals surface area contributed by atoms with Gasteiger partial charge in [-0.25, -0.2) is 4.98 Å². The largest absolute Gasteiger partial charge is 0.368 e. The van der Waals surface area contributed by atoms with Crippen molar-refractivity contribution in [1.82, 2.24) is 9.97 Å². The highest BCUT2D eigenvalue weighted by Gasteiger charge is 2.48. The number of nitrogens with zero attached hydrogens (tertiary/aromatic N) is 3. The van der Waals surface area contributed by atoms with Crippen LogP contribution in [0.15, 0.2) is 12.3 Å². The van der Waals surface area contributed by atoms with Crippen molar-refractivity contribution in [2.24, 2.45) is 23.7 Å². The Morgan fingerprint density at radius 3 is 2.22 bits per heavy atom. The fraction of sp³-hybridized carbons (Fsp3) is 0.714. The summed E-state index contributed by atoms with van der Waals surface area (Å²) in [6, 6.07) is 2.00. The molecular formula is C14H20N4. The van der Waals surface area contributed by atoms with E-state index in [4.69, 9.17) is 5.73 Å². The van der Waals surface area contributed by atoms with Crippen LogP contribution in [0.25, 0.3) is 0 Å². The molecule has 0 aromatic carbocycles.